The highest BCUT2D eigenvalue weighted by molar-refractivity contribution is 6.32. The number of rotatable bonds is 5. The third-order valence-electron chi connectivity index (χ3n) is 1.15. The lowest BCUT2D eigenvalue weighted by atomic mass is 10.5. The zero-order valence-corrected chi connectivity index (χ0v) is 7.59. The molecular formula is C7H11F2NO4. The van der Waals surface area contributed by atoms with Crippen LogP contribution in [0, 0.1) is 0 Å². The van der Waals surface area contributed by atoms with E-state index in [9.17, 15) is 18.4 Å². The lowest BCUT2D eigenvalue weighted by Gasteiger charge is -2.04. The van der Waals surface area contributed by atoms with E-state index in [0.29, 0.717) is 0 Å². The van der Waals surface area contributed by atoms with Crippen LogP contribution >= 0.6 is 0 Å². The number of nitrogens with one attached hydrogen (secondary N) is 1. The normalized spacial score (nSPS) is 10.0. The van der Waals surface area contributed by atoms with Gasteiger partial charge < -0.3 is 14.8 Å². The van der Waals surface area contributed by atoms with Gasteiger partial charge in [0.05, 0.1) is 13.7 Å². The van der Waals surface area contributed by atoms with Crippen molar-refractivity contribution in [2.75, 3.05) is 26.9 Å². The Bertz CT molecular complexity index is 198. The Labute approximate surface area is 79.4 Å². The molecule has 0 saturated heterocycles. The number of halogens is 2. The number of alkyl halides is 2. The molecule has 0 aliphatic rings. The molecule has 0 saturated carbocycles. The van der Waals surface area contributed by atoms with Gasteiger partial charge in [-0.15, -0.1) is 0 Å². The van der Waals surface area contributed by atoms with Crippen molar-refractivity contribution < 1.29 is 27.8 Å². The summed E-state index contributed by atoms with van der Waals surface area (Å²) in [6, 6.07) is 0. The van der Waals surface area contributed by atoms with E-state index in [1.165, 1.54) is 0 Å². The van der Waals surface area contributed by atoms with E-state index in [-0.39, 0.29) is 13.2 Å². The summed E-state index contributed by atoms with van der Waals surface area (Å²) in [6.45, 7) is -0.776. The summed E-state index contributed by atoms with van der Waals surface area (Å²) in [4.78, 5) is 21.2. The summed E-state index contributed by atoms with van der Waals surface area (Å²) in [5, 5.41) is 2.12. The Hall–Kier alpha value is -1.24. The summed E-state index contributed by atoms with van der Waals surface area (Å²) in [7, 11) is 1.06. The summed E-state index contributed by atoms with van der Waals surface area (Å²) in [6.07, 6.45) is -2.54. The van der Waals surface area contributed by atoms with Crippen molar-refractivity contribution in [2.24, 2.45) is 0 Å². The topological polar surface area (TPSA) is 64.6 Å². The molecule has 0 fully saturated rings. The largest absolute Gasteiger partial charge is 0.462 e. The second-order valence-electron chi connectivity index (χ2n) is 2.21. The van der Waals surface area contributed by atoms with Crippen molar-refractivity contribution >= 4 is 11.9 Å². The standard InChI is InChI=1S/C7H11F2NO4/c1-13-7(12)6(11)10-2-3-14-4-5(8)9/h5H,2-4H2,1H3,(H,10,11). The maximum absolute atomic E-state index is 11.5. The first-order valence-electron chi connectivity index (χ1n) is 3.80. The highest BCUT2D eigenvalue weighted by atomic mass is 19.3. The Morgan fingerprint density at radius 3 is 2.57 bits per heavy atom. The van der Waals surface area contributed by atoms with Gasteiger partial charge in [0.25, 0.3) is 6.43 Å². The highest BCUT2D eigenvalue weighted by Crippen LogP contribution is 1.91. The van der Waals surface area contributed by atoms with E-state index in [4.69, 9.17) is 0 Å². The maximum atomic E-state index is 11.5. The minimum atomic E-state index is -2.54. The first-order chi connectivity index (χ1) is 6.57. The number of amides is 1. The smallest absolute Gasteiger partial charge is 0.396 e. The van der Waals surface area contributed by atoms with Crippen molar-refractivity contribution in [3.05, 3.63) is 0 Å². The number of hydrogen-bond acceptors (Lipinski definition) is 4. The average Bonchev–Trinajstić information content (AvgIpc) is 2.15. The Balaban J connectivity index is 3.36. The number of carbonyl (C=O) groups is 2. The van der Waals surface area contributed by atoms with Gasteiger partial charge in [-0.1, -0.05) is 0 Å². The molecule has 1 N–H and O–H groups in total. The molecule has 1 amide bonds. The molecule has 0 heterocycles. The van der Waals surface area contributed by atoms with Gasteiger partial charge in [0.2, 0.25) is 0 Å². The molecule has 0 radical (unpaired) electrons. The molecule has 0 rings (SSSR count). The zero-order valence-electron chi connectivity index (χ0n) is 7.59. The van der Waals surface area contributed by atoms with Crippen molar-refractivity contribution in [2.45, 2.75) is 6.43 Å². The zero-order chi connectivity index (χ0) is 11.0. The SMILES string of the molecule is COC(=O)C(=O)NCCOCC(F)F. The van der Waals surface area contributed by atoms with Crippen LogP contribution in [-0.4, -0.2) is 45.2 Å². The van der Waals surface area contributed by atoms with Gasteiger partial charge in [0, 0.05) is 6.54 Å². The summed E-state index contributed by atoms with van der Waals surface area (Å²) in [5.74, 6) is -1.95. The molecule has 14 heavy (non-hydrogen) atoms. The Kier molecular flexibility index (Phi) is 6.55. The van der Waals surface area contributed by atoms with E-state index in [1.54, 1.807) is 0 Å². The van der Waals surface area contributed by atoms with Crippen LogP contribution in [0.2, 0.25) is 0 Å². The van der Waals surface area contributed by atoms with Crippen molar-refractivity contribution in [1.29, 1.82) is 0 Å². The lowest BCUT2D eigenvalue weighted by molar-refractivity contribution is -0.152. The molecule has 0 aromatic rings. The number of hydrogen-bond donors (Lipinski definition) is 1. The first kappa shape index (κ1) is 12.8. The van der Waals surface area contributed by atoms with Crippen molar-refractivity contribution in [1.82, 2.24) is 5.32 Å². The number of ether oxygens (including phenoxy) is 2. The van der Waals surface area contributed by atoms with Crippen LogP contribution in [0.25, 0.3) is 0 Å². The molecule has 0 atom stereocenters. The molecule has 7 heteroatoms. The quantitative estimate of drug-likeness (QED) is 0.380. The third kappa shape index (κ3) is 6.30. The molecular weight excluding hydrogens is 200 g/mol. The second-order valence-corrected chi connectivity index (χ2v) is 2.21. The van der Waals surface area contributed by atoms with Crippen LogP contribution < -0.4 is 5.32 Å². The van der Waals surface area contributed by atoms with Crippen LogP contribution in [0.15, 0.2) is 0 Å². The van der Waals surface area contributed by atoms with Gasteiger partial charge in [0.15, 0.2) is 0 Å². The minimum Gasteiger partial charge on any atom is -0.462 e. The predicted molar refractivity (Wildman–Crippen MR) is 41.8 cm³/mol. The van der Waals surface area contributed by atoms with E-state index in [1.807, 2.05) is 0 Å². The number of esters is 1. The number of methoxy groups -OCH3 is 1. The molecule has 0 spiro atoms. The van der Waals surface area contributed by atoms with Crippen molar-refractivity contribution in [3.8, 4) is 0 Å². The van der Waals surface area contributed by atoms with Crippen molar-refractivity contribution in [3.63, 3.8) is 0 Å². The van der Waals surface area contributed by atoms with E-state index >= 15 is 0 Å². The minimum absolute atomic E-state index is 0.0132. The number of carbonyl (C=O) groups excluding carboxylic acids is 2. The fourth-order valence-electron chi connectivity index (χ4n) is 0.574. The van der Waals surface area contributed by atoms with Crippen LogP contribution in [0.4, 0.5) is 8.78 Å². The lowest BCUT2D eigenvalue weighted by Crippen LogP contribution is -2.34. The molecule has 0 aromatic heterocycles. The van der Waals surface area contributed by atoms with Gasteiger partial charge in [-0.05, 0) is 0 Å². The fourth-order valence-corrected chi connectivity index (χ4v) is 0.574. The predicted octanol–water partition coefficient (Wildman–Crippen LogP) is -0.443. The Morgan fingerprint density at radius 1 is 1.43 bits per heavy atom. The molecule has 0 aliphatic carbocycles. The Morgan fingerprint density at radius 2 is 2.07 bits per heavy atom. The second kappa shape index (κ2) is 7.19. The van der Waals surface area contributed by atoms with Gasteiger partial charge in [-0.2, -0.15) is 0 Å². The van der Waals surface area contributed by atoms with Gasteiger partial charge in [-0.25, -0.2) is 13.6 Å². The fraction of sp³-hybridized carbons (Fsp3) is 0.714. The van der Waals surface area contributed by atoms with Crippen LogP contribution in [-0.2, 0) is 19.1 Å². The molecule has 82 valence electrons. The van der Waals surface area contributed by atoms with Crippen LogP contribution in [0.1, 0.15) is 0 Å². The summed E-state index contributed by atoms with van der Waals surface area (Å²) < 4.78 is 31.6. The summed E-state index contributed by atoms with van der Waals surface area (Å²) >= 11 is 0. The average molecular weight is 211 g/mol. The van der Waals surface area contributed by atoms with E-state index < -0.39 is 24.9 Å². The van der Waals surface area contributed by atoms with Gasteiger partial charge in [0.1, 0.15) is 6.61 Å². The monoisotopic (exact) mass is 211 g/mol. The van der Waals surface area contributed by atoms with E-state index in [0.717, 1.165) is 7.11 Å². The van der Waals surface area contributed by atoms with E-state index in [2.05, 4.69) is 14.8 Å². The molecule has 5 nitrogen and oxygen atoms in total. The van der Waals surface area contributed by atoms with Gasteiger partial charge in [-0.3, -0.25) is 4.79 Å². The first-order valence-corrected chi connectivity index (χ1v) is 3.80. The molecule has 0 aliphatic heterocycles. The molecule has 0 aromatic carbocycles. The molecule has 0 bridgehead atoms. The highest BCUT2D eigenvalue weighted by Gasteiger charge is 2.12. The summed E-state index contributed by atoms with van der Waals surface area (Å²) in [5.41, 5.74) is 0. The maximum Gasteiger partial charge on any atom is 0.396 e. The molecule has 0 unspecified atom stereocenters. The van der Waals surface area contributed by atoms with Crippen LogP contribution in [0.3, 0.4) is 0 Å². The third-order valence-corrected chi connectivity index (χ3v) is 1.15. The van der Waals surface area contributed by atoms with Crippen LogP contribution in [0.5, 0.6) is 0 Å². The van der Waals surface area contributed by atoms with Gasteiger partial charge >= 0.3 is 11.9 Å².